The Labute approximate surface area is 101 Å². The molecule has 0 aliphatic heterocycles. The van der Waals surface area contributed by atoms with Crippen LogP contribution in [-0.2, 0) is 0 Å². The van der Waals surface area contributed by atoms with Crippen molar-refractivity contribution in [1.29, 1.82) is 0 Å². The minimum Gasteiger partial charge on any atom is -0.371 e. The minimum absolute atomic E-state index is 0.580. The standard InChI is InChI=1S/C13H21N.C2H6/c1-10(2)12(4)14(5)13-9-7-6-8-11(13)3;1-2/h6-10,12H,1-5H3;1-2H3. The van der Waals surface area contributed by atoms with Crippen molar-refractivity contribution in [2.45, 2.75) is 47.6 Å². The van der Waals surface area contributed by atoms with Crippen LogP contribution >= 0.6 is 0 Å². The molecule has 0 aliphatic carbocycles. The van der Waals surface area contributed by atoms with E-state index < -0.39 is 0 Å². The Balaban J connectivity index is 0.00000106. The highest BCUT2D eigenvalue weighted by molar-refractivity contribution is 5.52. The van der Waals surface area contributed by atoms with Crippen LogP contribution in [0.25, 0.3) is 0 Å². The van der Waals surface area contributed by atoms with Gasteiger partial charge in [0.2, 0.25) is 0 Å². The topological polar surface area (TPSA) is 3.24 Å². The fourth-order valence-corrected chi connectivity index (χ4v) is 1.63. The highest BCUT2D eigenvalue weighted by Gasteiger charge is 2.14. The molecule has 1 atom stereocenters. The zero-order chi connectivity index (χ0) is 12.7. The summed E-state index contributed by atoms with van der Waals surface area (Å²) in [6.07, 6.45) is 0. The number of aryl methyl sites for hydroxylation is 1. The molecule has 0 amide bonds. The molecule has 1 rings (SSSR count). The Kier molecular flexibility index (Phi) is 6.87. The summed E-state index contributed by atoms with van der Waals surface area (Å²) in [4.78, 5) is 2.36. The van der Waals surface area contributed by atoms with Gasteiger partial charge in [0.05, 0.1) is 0 Å². The number of rotatable bonds is 3. The van der Waals surface area contributed by atoms with E-state index in [4.69, 9.17) is 0 Å². The molecule has 0 N–H and O–H groups in total. The Morgan fingerprint density at radius 1 is 1.00 bits per heavy atom. The van der Waals surface area contributed by atoms with Crippen molar-refractivity contribution in [1.82, 2.24) is 0 Å². The lowest BCUT2D eigenvalue weighted by molar-refractivity contribution is 0.505. The first-order chi connectivity index (χ1) is 7.54. The molecule has 0 radical (unpaired) electrons. The zero-order valence-corrected chi connectivity index (χ0v) is 11.9. The molecule has 0 aromatic heterocycles. The first-order valence-electron chi connectivity index (χ1n) is 6.32. The lowest BCUT2D eigenvalue weighted by Crippen LogP contribution is -2.33. The number of para-hydroxylation sites is 1. The summed E-state index contributed by atoms with van der Waals surface area (Å²) in [5, 5.41) is 0. The maximum absolute atomic E-state index is 2.36. The van der Waals surface area contributed by atoms with Crippen LogP contribution in [0.2, 0.25) is 0 Å². The van der Waals surface area contributed by atoms with E-state index in [0.717, 1.165) is 0 Å². The van der Waals surface area contributed by atoms with E-state index in [0.29, 0.717) is 12.0 Å². The first-order valence-corrected chi connectivity index (χ1v) is 6.32. The van der Waals surface area contributed by atoms with Crippen molar-refractivity contribution in [2.24, 2.45) is 5.92 Å². The molecule has 1 heteroatoms. The van der Waals surface area contributed by atoms with Crippen LogP contribution in [0, 0.1) is 12.8 Å². The van der Waals surface area contributed by atoms with Crippen molar-refractivity contribution in [3.05, 3.63) is 29.8 Å². The smallest absolute Gasteiger partial charge is 0.0395 e. The molecule has 0 saturated carbocycles. The third-order valence-electron chi connectivity index (χ3n) is 3.07. The summed E-state index contributed by atoms with van der Waals surface area (Å²) >= 11 is 0. The van der Waals surface area contributed by atoms with Crippen LogP contribution in [0.4, 0.5) is 5.69 Å². The molecule has 0 aliphatic rings. The van der Waals surface area contributed by atoms with Gasteiger partial charge in [-0.1, -0.05) is 45.9 Å². The molecule has 0 spiro atoms. The van der Waals surface area contributed by atoms with Crippen molar-refractivity contribution in [2.75, 3.05) is 11.9 Å². The second-order valence-electron chi connectivity index (χ2n) is 4.38. The molecule has 1 unspecified atom stereocenters. The van der Waals surface area contributed by atoms with Gasteiger partial charge in [0.1, 0.15) is 0 Å². The Morgan fingerprint density at radius 2 is 1.50 bits per heavy atom. The number of anilines is 1. The molecule has 0 bridgehead atoms. The summed E-state index contributed by atoms with van der Waals surface area (Å²) < 4.78 is 0. The monoisotopic (exact) mass is 221 g/mol. The highest BCUT2D eigenvalue weighted by Crippen LogP contribution is 2.22. The van der Waals surface area contributed by atoms with E-state index in [2.05, 4.69) is 63.9 Å². The van der Waals surface area contributed by atoms with Crippen LogP contribution in [-0.4, -0.2) is 13.1 Å². The lowest BCUT2D eigenvalue weighted by atomic mass is 10.0. The first kappa shape index (κ1) is 15.0. The van der Waals surface area contributed by atoms with Crippen LogP contribution < -0.4 is 4.90 Å². The third-order valence-corrected chi connectivity index (χ3v) is 3.07. The largest absolute Gasteiger partial charge is 0.371 e. The van der Waals surface area contributed by atoms with Crippen molar-refractivity contribution in [3.63, 3.8) is 0 Å². The second-order valence-corrected chi connectivity index (χ2v) is 4.38. The van der Waals surface area contributed by atoms with Gasteiger partial charge in [0, 0.05) is 18.8 Å². The summed E-state index contributed by atoms with van der Waals surface area (Å²) in [7, 11) is 2.17. The van der Waals surface area contributed by atoms with E-state index in [1.807, 2.05) is 13.8 Å². The third kappa shape index (κ3) is 3.88. The maximum Gasteiger partial charge on any atom is 0.0395 e. The van der Waals surface area contributed by atoms with Crippen LogP contribution in [0.3, 0.4) is 0 Å². The Bertz CT molecular complexity index is 291. The molecule has 92 valence electrons. The van der Waals surface area contributed by atoms with Gasteiger partial charge in [-0.15, -0.1) is 0 Å². The summed E-state index contributed by atoms with van der Waals surface area (Å²) in [6.45, 7) is 13.0. The van der Waals surface area contributed by atoms with Crippen LogP contribution in [0.15, 0.2) is 24.3 Å². The Morgan fingerprint density at radius 3 is 1.94 bits per heavy atom. The Hall–Kier alpha value is -0.980. The van der Waals surface area contributed by atoms with E-state index in [1.54, 1.807) is 0 Å². The normalized spacial score (nSPS) is 11.8. The molecular weight excluding hydrogens is 194 g/mol. The minimum atomic E-state index is 0.580. The average Bonchev–Trinajstić information content (AvgIpc) is 2.30. The summed E-state index contributed by atoms with van der Waals surface area (Å²) in [6, 6.07) is 9.13. The van der Waals surface area contributed by atoms with Gasteiger partial charge in [-0.25, -0.2) is 0 Å². The molecule has 1 aromatic carbocycles. The van der Waals surface area contributed by atoms with Crippen LogP contribution in [0.5, 0.6) is 0 Å². The summed E-state index contributed by atoms with van der Waals surface area (Å²) in [5.41, 5.74) is 2.69. The molecule has 1 aromatic rings. The van der Waals surface area contributed by atoms with Gasteiger partial charge in [0.15, 0.2) is 0 Å². The van der Waals surface area contributed by atoms with Gasteiger partial charge in [-0.3, -0.25) is 0 Å². The highest BCUT2D eigenvalue weighted by atomic mass is 15.1. The molecule has 0 saturated heterocycles. The van der Waals surface area contributed by atoms with Gasteiger partial charge in [-0.05, 0) is 31.4 Å². The lowest BCUT2D eigenvalue weighted by Gasteiger charge is -2.31. The maximum atomic E-state index is 2.36. The number of hydrogen-bond donors (Lipinski definition) is 0. The number of benzene rings is 1. The van der Waals surface area contributed by atoms with E-state index >= 15 is 0 Å². The SMILES string of the molecule is CC.Cc1ccccc1N(C)C(C)C(C)C. The zero-order valence-electron chi connectivity index (χ0n) is 11.9. The van der Waals surface area contributed by atoms with Crippen molar-refractivity contribution < 1.29 is 0 Å². The molecule has 1 nitrogen and oxygen atoms in total. The average molecular weight is 221 g/mol. The van der Waals surface area contributed by atoms with E-state index in [9.17, 15) is 0 Å². The molecule has 0 fully saturated rings. The molecular formula is C15H27N. The van der Waals surface area contributed by atoms with Gasteiger partial charge < -0.3 is 4.90 Å². The number of nitrogens with zero attached hydrogens (tertiary/aromatic N) is 1. The fourth-order valence-electron chi connectivity index (χ4n) is 1.63. The van der Waals surface area contributed by atoms with Gasteiger partial charge in [-0.2, -0.15) is 0 Å². The van der Waals surface area contributed by atoms with Gasteiger partial charge >= 0.3 is 0 Å². The van der Waals surface area contributed by atoms with Crippen molar-refractivity contribution in [3.8, 4) is 0 Å². The fraction of sp³-hybridized carbons (Fsp3) is 0.600. The van der Waals surface area contributed by atoms with Crippen LogP contribution in [0.1, 0.15) is 40.2 Å². The van der Waals surface area contributed by atoms with Crippen molar-refractivity contribution >= 4 is 5.69 Å². The molecule has 16 heavy (non-hydrogen) atoms. The summed E-state index contributed by atoms with van der Waals surface area (Å²) in [5.74, 6) is 0.680. The predicted octanol–water partition coefficient (Wildman–Crippen LogP) is 4.50. The van der Waals surface area contributed by atoms with E-state index in [-0.39, 0.29) is 0 Å². The predicted molar refractivity (Wildman–Crippen MR) is 75.2 cm³/mol. The number of hydrogen-bond acceptors (Lipinski definition) is 1. The quantitative estimate of drug-likeness (QED) is 0.726. The van der Waals surface area contributed by atoms with Gasteiger partial charge in [0.25, 0.3) is 0 Å². The van der Waals surface area contributed by atoms with E-state index in [1.165, 1.54) is 11.3 Å². The second kappa shape index (κ2) is 7.32. The molecule has 0 heterocycles.